The first-order valence-corrected chi connectivity index (χ1v) is 8.52. The van der Waals surface area contributed by atoms with E-state index in [9.17, 15) is 9.18 Å². The molecular formula is C20H18FN3O3. The van der Waals surface area contributed by atoms with Crippen LogP contribution in [0.1, 0.15) is 29.0 Å². The van der Waals surface area contributed by atoms with Crippen molar-refractivity contribution in [1.82, 2.24) is 10.2 Å². The number of nitrogens with one attached hydrogen (secondary N) is 2. The monoisotopic (exact) mass is 367 g/mol. The lowest BCUT2D eigenvalue weighted by molar-refractivity contribution is -0.116. The standard InChI is InChI=1S/C20H18FN3O3/c1-26-17-7-4-13(15-9-19(25)23-20-16(15)10-22-24-20)8-18(17)27-11-12-2-5-14(21)6-3-12/h2-8,10,15H,9,11H2,1H3,(H2,22,23,24,25)/t15-/m1/s1. The van der Waals surface area contributed by atoms with Crippen molar-refractivity contribution in [3.05, 3.63) is 71.2 Å². The molecule has 138 valence electrons. The molecule has 0 radical (unpaired) electrons. The fourth-order valence-corrected chi connectivity index (χ4v) is 3.21. The van der Waals surface area contributed by atoms with E-state index in [-0.39, 0.29) is 24.2 Å². The summed E-state index contributed by atoms with van der Waals surface area (Å²) in [6.07, 6.45) is 2.05. The Hall–Kier alpha value is -3.35. The van der Waals surface area contributed by atoms with Crippen LogP contribution in [-0.4, -0.2) is 23.2 Å². The number of aromatic amines is 1. The predicted octanol–water partition coefficient (Wildman–Crippen LogP) is 3.61. The van der Waals surface area contributed by atoms with E-state index < -0.39 is 0 Å². The fourth-order valence-electron chi connectivity index (χ4n) is 3.21. The number of hydrogen-bond donors (Lipinski definition) is 2. The van der Waals surface area contributed by atoms with Gasteiger partial charge in [-0.2, -0.15) is 5.10 Å². The van der Waals surface area contributed by atoms with Crippen LogP contribution >= 0.6 is 0 Å². The van der Waals surface area contributed by atoms with Crippen molar-refractivity contribution in [1.29, 1.82) is 0 Å². The molecular weight excluding hydrogens is 349 g/mol. The summed E-state index contributed by atoms with van der Waals surface area (Å²) in [7, 11) is 1.57. The highest BCUT2D eigenvalue weighted by molar-refractivity contribution is 5.94. The van der Waals surface area contributed by atoms with E-state index in [2.05, 4.69) is 15.5 Å². The average molecular weight is 367 g/mol. The lowest BCUT2D eigenvalue weighted by atomic mass is 9.87. The molecule has 0 saturated heterocycles. The first kappa shape index (κ1) is 17.1. The van der Waals surface area contributed by atoms with Gasteiger partial charge in [-0.05, 0) is 35.4 Å². The van der Waals surface area contributed by atoms with E-state index >= 15 is 0 Å². The number of halogens is 1. The van der Waals surface area contributed by atoms with Crippen molar-refractivity contribution in [3.8, 4) is 11.5 Å². The van der Waals surface area contributed by atoms with Crippen LogP contribution in [0.5, 0.6) is 11.5 Å². The summed E-state index contributed by atoms with van der Waals surface area (Å²) in [5.74, 6) is 1.31. The van der Waals surface area contributed by atoms with E-state index in [1.54, 1.807) is 25.4 Å². The van der Waals surface area contributed by atoms with Gasteiger partial charge in [-0.15, -0.1) is 0 Å². The molecule has 2 aromatic carbocycles. The molecule has 0 bridgehead atoms. The third kappa shape index (κ3) is 3.48. The zero-order valence-corrected chi connectivity index (χ0v) is 14.7. The van der Waals surface area contributed by atoms with Crippen LogP contribution in [0.2, 0.25) is 0 Å². The molecule has 27 heavy (non-hydrogen) atoms. The Morgan fingerprint density at radius 2 is 2.00 bits per heavy atom. The molecule has 1 atom stereocenters. The van der Waals surface area contributed by atoms with E-state index in [1.807, 2.05) is 18.2 Å². The Kier molecular flexibility index (Phi) is 4.50. The molecule has 4 rings (SSSR count). The molecule has 7 heteroatoms. The molecule has 0 saturated carbocycles. The van der Waals surface area contributed by atoms with Crippen molar-refractivity contribution >= 4 is 11.7 Å². The van der Waals surface area contributed by atoms with Gasteiger partial charge in [0.2, 0.25) is 5.91 Å². The molecule has 1 aliphatic rings. The highest BCUT2D eigenvalue weighted by atomic mass is 19.1. The van der Waals surface area contributed by atoms with Crippen LogP contribution in [0.15, 0.2) is 48.7 Å². The van der Waals surface area contributed by atoms with Gasteiger partial charge in [0.15, 0.2) is 11.5 Å². The van der Waals surface area contributed by atoms with Crippen LogP contribution < -0.4 is 14.8 Å². The maximum absolute atomic E-state index is 13.1. The highest BCUT2D eigenvalue weighted by Gasteiger charge is 2.28. The summed E-state index contributed by atoms with van der Waals surface area (Å²) in [5.41, 5.74) is 2.71. The topological polar surface area (TPSA) is 76.2 Å². The zero-order valence-electron chi connectivity index (χ0n) is 14.7. The second-order valence-corrected chi connectivity index (χ2v) is 6.33. The lowest BCUT2D eigenvalue weighted by Gasteiger charge is -2.23. The molecule has 1 aromatic heterocycles. The molecule has 2 N–H and O–H groups in total. The highest BCUT2D eigenvalue weighted by Crippen LogP contribution is 2.39. The molecule has 0 spiro atoms. The quantitative estimate of drug-likeness (QED) is 0.722. The number of benzene rings is 2. The number of fused-ring (bicyclic) bond motifs is 1. The van der Waals surface area contributed by atoms with Crippen LogP contribution in [0.4, 0.5) is 10.2 Å². The Labute approximate surface area is 155 Å². The van der Waals surface area contributed by atoms with E-state index in [1.165, 1.54) is 12.1 Å². The van der Waals surface area contributed by atoms with Crippen molar-refractivity contribution in [2.45, 2.75) is 18.9 Å². The Balaban J connectivity index is 1.61. The molecule has 0 aliphatic carbocycles. The number of nitrogens with zero attached hydrogens (tertiary/aromatic N) is 1. The van der Waals surface area contributed by atoms with Crippen LogP contribution in [0, 0.1) is 5.82 Å². The smallest absolute Gasteiger partial charge is 0.226 e. The number of amides is 1. The number of carbonyl (C=O) groups is 1. The third-order valence-corrected chi connectivity index (χ3v) is 4.60. The van der Waals surface area contributed by atoms with Crippen molar-refractivity contribution in [3.63, 3.8) is 0 Å². The average Bonchev–Trinajstić information content (AvgIpc) is 3.15. The van der Waals surface area contributed by atoms with Gasteiger partial charge in [0.05, 0.1) is 13.3 Å². The van der Waals surface area contributed by atoms with Crippen LogP contribution in [-0.2, 0) is 11.4 Å². The summed E-state index contributed by atoms with van der Waals surface area (Å²) in [6, 6.07) is 11.8. The first-order valence-electron chi connectivity index (χ1n) is 8.52. The number of ether oxygens (including phenoxy) is 2. The molecule has 0 fully saturated rings. The lowest BCUT2D eigenvalue weighted by Crippen LogP contribution is -2.23. The summed E-state index contributed by atoms with van der Waals surface area (Å²) < 4.78 is 24.4. The Morgan fingerprint density at radius 1 is 1.19 bits per heavy atom. The number of aromatic nitrogens is 2. The van der Waals surface area contributed by atoms with E-state index in [0.29, 0.717) is 23.7 Å². The molecule has 3 aromatic rings. The van der Waals surface area contributed by atoms with Crippen molar-refractivity contribution in [2.24, 2.45) is 0 Å². The first-order chi connectivity index (χ1) is 13.1. The Bertz CT molecular complexity index is 969. The summed E-state index contributed by atoms with van der Waals surface area (Å²) in [6.45, 7) is 0.280. The molecule has 6 nitrogen and oxygen atoms in total. The van der Waals surface area contributed by atoms with Gasteiger partial charge in [-0.1, -0.05) is 18.2 Å². The van der Waals surface area contributed by atoms with Crippen LogP contribution in [0.3, 0.4) is 0 Å². The number of carbonyl (C=O) groups excluding carboxylic acids is 1. The SMILES string of the molecule is COc1ccc([C@H]2CC(=O)Nc3[nH]ncc32)cc1OCc1ccc(F)cc1. The van der Waals surface area contributed by atoms with Gasteiger partial charge in [0, 0.05) is 17.9 Å². The molecule has 0 unspecified atom stereocenters. The predicted molar refractivity (Wildman–Crippen MR) is 97.4 cm³/mol. The molecule has 2 heterocycles. The normalized spacial score (nSPS) is 15.8. The van der Waals surface area contributed by atoms with Crippen molar-refractivity contribution < 1.29 is 18.7 Å². The van der Waals surface area contributed by atoms with Gasteiger partial charge in [-0.3, -0.25) is 9.89 Å². The zero-order chi connectivity index (χ0) is 18.8. The number of H-pyrrole nitrogens is 1. The van der Waals surface area contributed by atoms with Gasteiger partial charge in [0.25, 0.3) is 0 Å². The largest absolute Gasteiger partial charge is 0.493 e. The second-order valence-electron chi connectivity index (χ2n) is 6.33. The number of methoxy groups -OCH3 is 1. The van der Waals surface area contributed by atoms with Crippen LogP contribution in [0.25, 0.3) is 0 Å². The third-order valence-electron chi connectivity index (χ3n) is 4.60. The van der Waals surface area contributed by atoms with Gasteiger partial charge >= 0.3 is 0 Å². The molecule has 1 amide bonds. The minimum atomic E-state index is -0.287. The second kappa shape index (κ2) is 7.11. The molecule has 1 aliphatic heterocycles. The van der Waals surface area contributed by atoms with Gasteiger partial charge < -0.3 is 14.8 Å². The summed E-state index contributed by atoms with van der Waals surface area (Å²) in [4.78, 5) is 12.0. The van der Waals surface area contributed by atoms with E-state index in [0.717, 1.165) is 16.7 Å². The number of hydrogen-bond acceptors (Lipinski definition) is 4. The number of rotatable bonds is 5. The van der Waals surface area contributed by atoms with Gasteiger partial charge in [-0.25, -0.2) is 4.39 Å². The maximum atomic E-state index is 13.1. The van der Waals surface area contributed by atoms with Crippen molar-refractivity contribution in [2.75, 3.05) is 12.4 Å². The number of anilines is 1. The van der Waals surface area contributed by atoms with Gasteiger partial charge in [0.1, 0.15) is 18.2 Å². The summed E-state index contributed by atoms with van der Waals surface area (Å²) in [5, 5.41) is 9.62. The fraction of sp³-hybridized carbons (Fsp3) is 0.200. The summed E-state index contributed by atoms with van der Waals surface area (Å²) >= 11 is 0. The Morgan fingerprint density at radius 3 is 2.78 bits per heavy atom. The minimum Gasteiger partial charge on any atom is -0.493 e. The minimum absolute atomic E-state index is 0.0682. The van der Waals surface area contributed by atoms with E-state index in [4.69, 9.17) is 9.47 Å². The maximum Gasteiger partial charge on any atom is 0.226 e.